The summed E-state index contributed by atoms with van der Waals surface area (Å²) in [5.41, 5.74) is 11.6. The summed E-state index contributed by atoms with van der Waals surface area (Å²) >= 11 is 0. The summed E-state index contributed by atoms with van der Waals surface area (Å²) in [6.45, 7) is 5.39. The van der Waals surface area contributed by atoms with E-state index in [-0.39, 0.29) is 43.0 Å². The molecule has 3 amide bonds. The summed E-state index contributed by atoms with van der Waals surface area (Å²) in [4.78, 5) is 36.8. The molecule has 4 heterocycles. The predicted molar refractivity (Wildman–Crippen MR) is 172 cm³/mol. The molecule has 1 saturated heterocycles. The van der Waals surface area contributed by atoms with Crippen LogP contribution in [-0.2, 0) is 17.5 Å². The fourth-order valence-corrected chi connectivity index (χ4v) is 6.67. The van der Waals surface area contributed by atoms with E-state index in [2.05, 4.69) is 28.8 Å². The zero-order valence-corrected chi connectivity index (χ0v) is 25.8. The molecule has 3 aliphatic rings. The second-order valence-electron chi connectivity index (χ2n) is 12.1. The Kier molecular flexibility index (Phi) is 7.27. The molecule has 1 unspecified atom stereocenters. The molecule has 46 heavy (non-hydrogen) atoms. The third-order valence-corrected chi connectivity index (χ3v) is 9.16. The average molecular weight is 630 g/mol. The van der Waals surface area contributed by atoms with Crippen LogP contribution in [0.2, 0.25) is 0 Å². The van der Waals surface area contributed by atoms with Crippen LogP contribution in [0, 0.1) is 0 Å². The average Bonchev–Trinajstić information content (AvgIpc) is 3.43. The number of anilines is 4. The Morgan fingerprint density at radius 1 is 1.00 bits per heavy atom. The van der Waals surface area contributed by atoms with Gasteiger partial charge in [0.25, 0.3) is 0 Å². The first-order valence-corrected chi connectivity index (χ1v) is 15.4. The molecule has 238 valence electrons. The van der Waals surface area contributed by atoms with E-state index < -0.39 is 17.8 Å². The number of piperazine rings is 1. The van der Waals surface area contributed by atoms with Crippen molar-refractivity contribution < 1.29 is 22.8 Å². The molecule has 3 aromatic carbocycles. The number of hydrogen-bond acceptors (Lipinski definition) is 6. The lowest BCUT2D eigenvalue weighted by Gasteiger charge is -2.38. The zero-order chi connectivity index (χ0) is 32.3. The number of carbonyl (C=O) groups excluding carboxylic acids is 2. The number of nitrogens with one attached hydrogen (secondary N) is 2. The molecule has 0 radical (unpaired) electrons. The molecule has 1 atom stereocenters. The van der Waals surface area contributed by atoms with Crippen LogP contribution in [0.15, 0.2) is 60.8 Å². The number of hydrogen-bond donors (Lipinski definition) is 2. The molecule has 1 aromatic heterocycles. The quantitative estimate of drug-likeness (QED) is 0.262. The van der Waals surface area contributed by atoms with E-state index in [1.807, 2.05) is 30.3 Å². The number of nitrogens with zero attached hydrogens (tertiary/aromatic N) is 5. The van der Waals surface area contributed by atoms with Crippen LogP contribution in [0.5, 0.6) is 0 Å². The number of halogens is 3. The number of alkyl halides is 3. The molecule has 0 saturated carbocycles. The number of urea groups is 1. The van der Waals surface area contributed by atoms with Gasteiger partial charge < -0.3 is 20.1 Å². The van der Waals surface area contributed by atoms with Crippen molar-refractivity contribution in [3.05, 3.63) is 77.5 Å². The highest BCUT2D eigenvalue weighted by Crippen LogP contribution is 2.45. The van der Waals surface area contributed by atoms with Gasteiger partial charge in [0.15, 0.2) is 0 Å². The Hall–Kier alpha value is -4.84. The fourth-order valence-electron chi connectivity index (χ4n) is 6.67. The number of fused-ring (bicyclic) bond motifs is 4. The minimum atomic E-state index is -4.67. The lowest BCUT2D eigenvalue weighted by molar-refractivity contribution is -0.137. The number of carbonyl (C=O) groups is 2. The minimum absolute atomic E-state index is 0.0120. The highest BCUT2D eigenvalue weighted by Gasteiger charge is 2.38. The maximum Gasteiger partial charge on any atom is 0.418 e. The number of pyridine rings is 1. The SMILES string of the molecule is CCC(=O)N1CCN(c2ccc(N3C(=O)N(C)Cc4cnc5ccc(-c6ccc7c(c6)C(C)NN7)cc5c43)cc2C(F)(F)F)CC1. The molecule has 0 aliphatic carbocycles. The molecule has 4 aromatic rings. The Morgan fingerprint density at radius 2 is 1.74 bits per heavy atom. The largest absolute Gasteiger partial charge is 0.418 e. The molecule has 0 spiro atoms. The normalized spacial score (nSPS) is 18.1. The van der Waals surface area contributed by atoms with Gasteiger partial charge in [-0.05, 0) is 66.1 Å². The van der Waals surface area contributed by atoms with Crippen molar-refractivity contribution in [1.29, 1.82) is 0 Å². The first-order valence-electron chi connectivity index (χ1n) is 15.4. The summed E-state index contributed by atoms with van der Waals surface area (Å²) in [6.07, 6.45) is -2.62. The Balaban J connectivity index is 1.32. The molecule has 1 fully saturated rings. The van der Waals surface area contributed by atoms with Gasteiger partial charge in [-0.1, -0.05) is 19.1 Å². The Labute approximate surface area is 264 Å². The third-order valence-electron chi connectivity index (χ3n) is 9.16. The van der Waals surface area contributed by atoms with Gasteiger partial charge in [-0.3, -0.25) is 14.7 Å². The van der Waals surface area contributed by atoms with Crippen molar-refractivity contribution in [2.75, 3.05) is 48.5 Å². The van der Waals surface area contributed by atoms with Crippen molar-refractivity contribution in [3.63, 3.8) is 0 Å². The van der Waals surface area contributed by atoms with Crippen LogP contribution in [0.3, 0.4) is 0 Å². The summed E-state index contributed by atoms with van der Waals surface area (Å²) in [7, 11) is 1.63. The van der Waals surface area contributed by atoms with Gasteiger partial charge in [-0.2, -0.15) is 13.2 Å². The van der Waals surface area contributed by atoms with E-state index in [0.717, 1.165) is 34.0 Å². The number of amides is 3. The van der Waals surface area contributed by atoms with Gasteiger partial charge in [0, 0.05) is 62.5 Å². The van der Waals surface area contributed by atoms with Crippen molar-refractivity contribution in [2.45, 2.75) is 39.0 Å². The van der Waals surface area contributed by atoms with Crippen LogP contribution in [0.25, 0.3) is 22.0 Å². The van der Waals surface area contributed by atoms with E-state index in [0.29, 0.717) is 36.1 Å². The van der Waals surface area contributed by atoms with Gasteiger partial charge in [-0.25, -0.2) is 10.2 Å². The number of aromatic nitrogens is 1. The van der Waals surface area contributed by atoms with E-state index in [9.17, 15) is 22.8 Å². The first-order chi connectivity index (χ1) is 22.0. The van der Waals surface area contributed by atoms with Crippen LogP contribution >= 0.6 is 0 Å². The van der Waals surface area contributed by atoms with E-state index in [4.69, 9.17) is 0 Å². The standard InChI is InChI=1S/C34H34F3N7O2/c1-4-31(45)43-13-11-42(12-14-43)30-10-7-24(17-27(30)34(35,36)37)44-32-23(19-41(3)33(44)46)18-38-28-8-5-22(16-26(28)32)21-6-9-29-25(15-21)20(2)39-40-29/h5-10,15-18,20,39-40H,4,11-14,19H2,1-3H3. The number of hydrazine groups is 1. The molecular formula is C34H34F3N7O2. The molecule has 7 rings (SSSR count). The number of rotatable bonds is 4. The number of benzene rings is 3. The van der Waals surface area contributed by atoms with Crippen LogP contribution < -0.4 is 20.7 Å². The summed E-state index contributed by atoms with van der Waals surface area (Å²) in [6, 6.07) is 15.7. The Morgan fingerprint density at radius 3 is 2.48 bits per heavy atom. The summed E-state index contributed by atoms with van der Waals surface area (Å²) in [5, 5.41) is 0.676. The minimum Gasteiger partial charge on any atom is -0.367 e. The van der Waals surface area contributed by atoms with Crippen LogP contribution in [0.4, 0.5) is 40.7 Å². The first kappa shape index (κ1) is 29.8. The highest BCUT2D eigenvalue weighted by atomic mass is 19.4. The van der Waals surface area contributed by atoms with Crippen molar-refractivity contribution in [1.82, 2.24) is 20.2 Å². The third kappa shape index (κ3) is 5.06. The lowest BCUT2D eigenvalue weighted by atomic mass is 9.96. The molecule has 12 heteroatoms. The maximum atomic E-state index is 14.7. The summed E-state index contributed by atoms with van der Waals surface area (Å²) < 4.78 is 44.0. The van der Waals surface area contributed by atoms with E-state index in [1.165, 1.54) is 15.9 Å². The van der Waals surface area contributed by atoms with Gasteiger partial charge in [-0.15, -0.1) is 0 Å². The van der Waals surface area contributed by atoms with Gasteiger partial charge in [0.2, 0.25) is 5.91 Å². The predicted octanol–water partition coefficient (Wildman–Crippen LogP) is 6.67. The fraction of sp³-hybridized carbons (Fsp3) is 0.324. The van der Waals surface area contributed by atoms with Crippen LogP contribution in [-0.4, -0.2) is 59.9 Å². The van der Waals surface area contributed by atoms with Crippen molar-refractivity contribution in [3.8, 4) is 11.1 Å². The topological polar surface area (TPSA) is 84.1 Å². The monoisotopic (exact) mass is 629 g/mol. The molecule has 2 N–H and O–H groups in total. The molecular weight excluding hydrogens is 595 g/mol. The van der Waals surface area contributed by atoms with Crippen molar-refractivity contribution in [2.24, 2.45) is 0 Å². The maximum absolute atomic E-state index is 14.7. The van der Waals surface area contributed by atoms with Crippen molar-refractivity contribution >= 4 is 45.6 Å². The van der Waals surface area contributed by atoms with Crippen LogP contribution in [0.1, 0.15) is 43.0 Å². The van der Waals surface area contributed by atoms with E-state index in [1.54, 1.807) is 36.0 Å². The second kappa shape index (κ2) is 11.2. The van der Waals surface area contributed by atoms with Gasteiger partial charge >= 0.3 is 12.2 Å². The molecule has 0 bridgehead atoms. The lowest BCUT2D eigenvalue weighted by Crippen LogP contribution is -2.49. The summed E-state index contributed by atoms with van der Waals surface area (Å²) in [5.74, 6) is -0.0120. The van der Waals surface area contributed by atoms with Gasteiger partial charge in [0.1, 0.15) is 0 Å². The zero-order valence-electron chi connectivity index (χ0n) is 25.8. The van der Waals surface area contributed by atoms with E-state index >= 15 is 0 Å². The molecule has 3 aliphatic heterocycles. The second-order valence-corrected chi connectivity index (χ2v) is 12.1. The smallest absolute Gasteiger partial charge is 0.367 e. The Bertz CT molecular complexity index is 1870. The molecule has 9 nitrogen and oxygen atoms in total. The van der Waals surface area contributed by atoms with Gasteiger partial charge in [0.05, 0.1) is 40.7 Å². The highest BCUT2D eigenvalue weighted by molar-refractivity contribution is 6.10.